The number of hydrogen-bond donors (Lipinski definition) is 1. The first-order chi connectivity index (χ1) is 18.6. The number of hydrogen-bond acceptors (Lipinski definition) is 4. The van der Waals surface area contributed by atoms with Gasteiger partial charge in [-0.2, -0.15) is 0 Å². The molecule has 0 atom stereocenters. The highest BCUT2D eigenvalue weighted by Gasteiger charge is 2.24. The summed E-state index contributed by atoms with van der Waals surface area (Å²) < 4.78 is 10.8. The van der Waals surface area contributed by atoms with Crippen molar-refractivity contribution < 1.29 is 19.4 Å². The molecular formula is C33H37NO4. The first-order valence-electron chi connectivity index (χ1n) is 13.6. The summed E-state index contributed by atoms with van der Waals surface area (Å²) >= 11 is 0. The molecule has 3 aromatic rings. The Hall–Kier alpha value is -3.41. The molecule has 5 rings (SSSR count). The summed E-state index contributed by atoms with van der Waals surface area (Å²) in [4.78, 5) is 14.1. The van der Waals surface area contributed by atoms with Gasteiger partial charge in [0, 0.05) is 39.4 Å². The van der Waals surface area contributed by atoms with Crippen LogP contribution in [0.15, 0.2) is 72.8 Å². The zero-order valence-corrected chi connectivity index (χ0v) is 22.4. The Bertz CT molecular complexity index is 1270. The van der Waals surface area contributed by atoms with Crippen LogP contribution in [-0.4, -0.2) is 44.7 Å². The number of carboxylic acids is 1. The van der Waals surface area contributed by atoms with E-state index >= 15 is 0 Å². The molecule has 0 radical (unpaired) electrons. The monoisotopic (exact) mass is 511 g/mol. The second-order valence-electron chi connectivity index (χ2n) is 10.4. The average Bonchev–Trinajstić information content (AvgIpc) is 3.16. The van der Waals surface area contributed by atoms with Crippen molar-refractivity contribution in [2.45, 2.75) is 44.8 Å². The fraction of sp³-hybridized carbons (Fsp3) is 0.364. The van der Waals surface area contributed by atoms with Crippen LogP contribution in [-0.2, 0) is 15.9 Å². The molecular weight excluding hydrogens is 474 g/mol. The van der Waals surface area contributed by atoms with Crippen LogP contribution < -0.4 is 4.90 Å². The number of anilines is 1. The van der Waals surface area contributed by atoms with Gasteiger partial charge in [0.1, 0.15) is 0 Å². The van der Waals surface area contributed by atoms with Crippen molar-refractivity contribution in [3.8, 4) is 0 Å². The highest BCUT2D eigenvalue weighted by atomic mass is 16.7. The highest BCUT2D eigenvalue weighted by molar-refractivity contribution is 6.00. The van der Waals surface area contributed by atoms with E-state index in [9.17, 15) is 9.90 Å². The van der Waals surface area contributed by atoms with E-state index in [1.807, 2.05) is 12.1 Å². The quantitative estimate of drug-likeness (QED) is 0.333. The van der Waals surface area contributed by atoms with Gasteiger partial charge >= 0.3 is 5.97 Å². The summed E-state index contributed by atoms with van der Waals surface area (Å²) in [6.07, 6.45) is 5.91. The third kappa shape index (κ3) is 5.69. The van der Waals surface area contributed by atoms with Crippen LogP contribution in [0.4, 0.5) is 5.69 Å². The molecule has 0 bridgehead atoms. The van der Waals surface area contributed by atoms with Gasteiger partial charge in [0.2, 0.25) is 0 Å². The Morgan fingerprint density at radius 3 is 2.29 bits per heavy atom. The average molecular weight is 512 g/mol. The number of benzene rings is 3. The molecule has 1 aliphatic heterocycles. The van der Waals surface area contributed by atoms with Gasteiger partial charge in [-0.05, 0) is 95.7 Å². The Balaban J connectivity index is 1.45. The maximum Gasteiger partial charge on any atom is 0.335 e. The van der Waals surface area contributed by atoms with Crippen molar-refractivity contribution >= 4 is 22.8 Å². The van der Waals surface area contributed by atoms with E-state index < -0.39 is 5.97 Å². The van der Waals surface area contributed by atoms with Gasteiger partial charge in [0.25, 0.3) is 0 Å². The molecule has 1 heterocycles. The maximum absolute atomic E-state index is 11.7. The first kappa shape index (κ1) is 26.2. The van der Waals surface area contributed by atoms with E-state index in [0.29, 0.717) is 11.5 Å². The standard InChI is InChI=1S/C33H37NO4/c1-37-31(38-2)21-23-17-19-34(20-18-23)28-14-11-25(12-15-28)32-29(24-7-4-3-5-8-24)10-6-9-26-22-27(33(35)36)13-16-30(26)32/h3-5,7-8,11-16,22-23,31H,6,9-10,17-21H2,1-2H3,(H,35,36). The molecule has 0 unspecified atom stereocenters. The number of aromatic carboxylic acids is 1. The lowest BCUT2D eigenvalue weighted by Gasteiger charge is -2.34. The molecule has 1 fully saturated rings. The van der Waals surface area contributed by atoms with Gasteiger partial charge < -0.3 is 19.5 Å². The largest absolute Gasteiger partial charge is 0.478 e. The molecule has 1 aliphatic carbocycles. The molecule has 0 aromatic heterocycles. The second-order valence-corrected chi connectivity index (χ2v) is 10.4. The number of fused-ring (bicyclic) bond motifs is 1. The van der Waals surface area contributed by atoms with Crippen molar-refractivity contribution in [3.05, 3.63) is 101 Å². The maximum atomic E-state index is 11.7. The molecule has 5 nitrogen and oxygen atoms in total. The van der Waals surface area contributed by atoms with E-state index in [1.165, 1.54) is 28.0 Å². The van der Waals surface area contributed by atoms with Crippen LogP contribution in [0.25, 0.3) is 11.1 Å². The van der Waals surface area contributed by atoms with Crippen LogP contribution >= 0.6 is 0 Å². The SMILES string of the molecule is COC(CC1CCN(c2ccc(C3=C(c4ccccc4)CCCc4cc(C(=O)O)ccc43)cc2)CC1)OC. The normalized spacial score (nSPS) is 16.4. The second kappa shape index (κ2) is 12.0. The molecule has 0 amide bonds. The minimum Gasteiger partial charge on any atom is -0.478 e. The summed E-state index contributed by atoms with van der Waals surface area (Å²) in [5, 5.41) is 9.58. The number of carbonyl (C=O) groups is 1. The van der Waals surface area contributed by atoms with E-state index in [0.717, 1.165) is 62.7 Å². The van der Waals surface area contributed by atoms with E-state index in [1.54, 1.807) is 20.3 Å². The highest BCUT2D eigenvalue weighted by Crippen LogP contribution is 2.40. The Morgan fingerprint density at radius 2 is 1.63 bits per heavy atom. The molecule has 198 valence electrons. The first-order valence-corrected chi connectivity index (χ1v) is 13.6. The van der Waals surface area contributed by atoms with Crippen LogP contribution in [0.2, 0.25) is 0 Å². The molecule has 1 N–H and O–H groups in total. The van der Waals surface area contributed by atoms with Crippen molar-refractivity contribution in [1.82, 2.24) is 0 Å². The number of methoxy groups -OCH3 is 2. The molecule has 5 heteroatoms. The van der Waals surface area contributed by atoms with Crippen LogP contribution in [0.5, 0.6) is 0 Å². The molecule has 1 saturated heterocycles. The fourth-order valence-corrected chi connectivity index (χ4v) is 6.01. The minimum atomic E-state index is -0.876. The number of allylic oxidation sites excluding steroid dienone is 1. The number of ether oxygens (including phenoxy) is 2. The van der Waals surface area contributed by atoms with Gasteiger partial charge in [-0.15, -0.1) is 0 Å². The van der Waals surface area contributed by atoms with Crippen molar-refractivity contribution in [1.29, 1.82) is 0 Å². The zero-order valence-electron chi connectivity index (χ0n) is 22.4. The number of carboxylic acid groups (broad SMARTS) is 1. The third-order valence-corrected chi connectivity index (χ3v) is 8.11. The van der Waals surface area contributed by atoms with E-state index in [-0.39, 0.29) is 6.29 Å². The summed E-state index contributed by atoms with van der Waals surface area (Å²) in [5.41, 5.74) is 8.81. The molecule has 2 aliphatic rings. The van der Waals surface area contributed by atoms with Gasteiger partial charge in [0.05, 0.1) is 5.56 Å². The van der Waals surface area contributed by atoms with Crippen LogP contribution in [0.3, 0.4) is 0 Å². The number of aryl methyl sites for hydroxylation is 1. The lowest BCUT2D eigenvalue weighted by molar-refractivity contribution is -0.115. The van der Waals surface area contributed by atoms with E-state index in [4.69, 9.17) is 9.47 Å². The minimum absolute atomic E-state index is 0.119. The summed E-state index contributed by atoms with van der Waals surface area (Å²) in [6, 6.07) is 25.2. The predicted molar refractivity (Wildman–Crippen MR) is 152 cm³/mol. The smallest absolute Gasteiger partial charge is 0.335 e. The van der Waals surface area contributed by atoms with Crippen LogP contribution in [0, 0.1) is 5.92 Å². The summed E-state index contributed by atoms with van der Waals surface area (Å²) in [5.74, 6) is -0.258. The Kier molecular flexibility index (Phi) is 8.26. The lowest BCUT2D eigenvalue weighted by atomic mass is 9.87. The number of piperidine rings is 1. The Labute approximate surface area is 225 Å². The van der Waals surface area contributed by atoms with Crippen LogP contribution in [0.1, 0.15) is 64.7 Å². The molecule has 3 aromatic carbocycles. The van der Waals surface area contributed by atoms with Crippen molar-refractivity contribution in [3.63, 3.8) is 0 Å². The summed E-state index contributed by atoms with van der Waals surface area (Å²) in [6.45, 7) is 2.06. The van der Waals surface area contributed by atoms with Crippen molar-refractivity contribution in [2.75, 3.05) is 32.2 Å². The summed E-state index contributed by atoms with van der Waals surface area (Å²) in [7, 11) is 3.42. The van der Waals surface area contributed by atoms with Gasteiger partial charge in [-0.3, -0.25) is 0 Å². The van der Waals surface area contributed by atoms with Gasteiger partial charge in [0.15, 0.2) is 6.29 Å². The molecule has 0 spiro atoms. The van der Waals surface area contributed by atoms with Gasteiger partial charge in [-0.1, -0.05) is 48.5 Å². The lowest BCUT2D eigenvalue weighted by Crippen LogP contribution is -2.35. The number of nitrogens with zero attached hydrogens (tertiary/aromatic N) is 1. The zero-order chi connectivity index (χ0) is 26.5. The fourth-order valence-electron chi connectivity index (χ4n) is 6.01. The number of rotatable bonds is 8. The molecule has 0 saturated carbocycles. The van der Waals surface area contributed by atoms with Gasteiger partial charge in [-0.25, -0.2) is 4.79 Å². The Morgan fingerprint density at radius 1 is 0.921 bits per heavy atom. The third-order valence-electron chi connectivity index (χ3n) is 8.11. The topological polar surface area (TPSA) is 59.0 Å². The predicted octanol–water partition coefficient (Wildman–Crippen LogP) is 6.91. The van der Waals surface area contributed by atoms with E-state index in [2.05, 4.69) is 59.5 Å². The van der Waals surface area contributed by atoms with Crippen molar-refractivity contribution in [2.24, 2.45) is 5.92 Å². The molecule has 38 heavy (non-hydrogen) atoms.